The van der Waals surface area contributed by atoms with Crippen molar-refractivity contribution in [2.75, 3.05) is 31.7 Å². The first kappa shape index (κ1) is 17.0. The normalized spacial score (nSPS) is 21.0. The number of aromatic nitrogens is 2. The molecule has 1 fully saturated rings. The molecule has 7 heteroatoms. The van der Waals surface area contributed by atoms with Gasteiger partial charge in [0.1, 0.15) is 5.02 Å². The minimum atomic E-state index is -0.331. The van der Waals surface area contributed by atoms with Gasteiger partial charge < -0.3 is 14.4 Å². The molecular formula is C17H20ClN3O3. The zero-order chi connectivity index (χ0) is 17.1. The Bertz CT molecular complexity index is 750. The number of anilines is 1. The van der Waals surface area contributed by atoms with E-state index < -0.39 is 0 Å². The van der Waals surface area contributed by atoms with E-state index in [0.29, 0.717) is 31.1 Å². The Morgan fingerprint density at radius 1 is 1.33 bits per heavy atom. The van der Waals surface area contributed by atoms with E-state index >= 15 is 0 Å². The quantitative estimate of drug-likeness (QED) is 0.846. The van der Waals surface area contributed by atoms with Crippen molar-refractivity contribution < 1.29 is 9.47 Å². The topological polar surface area (TPSA) is 56.6 Å². The van der Waals surface area contributed by atoms with E-state index in [0.717, 1.165) is 0 Å². The van der Waals surface area contributed by atoms with Gasteiger partial charge in [0.15, 0.2) is 0 Å². The summed E-state index contributed by atoms with van der Waals surface area (Å²) in [7, 11) is 1.64. The van der Waals surface area contributed by atoms with Crippen LogP contribution in [0, 0.1) is 0 Å². The van der Waals surface area contributed by atoms with Crippen molar-refractivity contribution in [1.29, 1.82) is 0 Å². The molecule has 0 aliphatic carbocycles. The van der Waals surface area contributed by atoms with E-state index in [1.807, 2.05) is 42.2 Å². The van der Waals surface area contributed by atoms with Gasteiger partial charge >= 0.3 is 0 Å². The van der Waals surface area contributed by atoms with E-state index in [4.69, 9.17) is 21.1 Å². The Labute approximate surface area is 145 Å². The van der Waals surface area contributed by atoms with Crippen molar-refractivity contribution in [3.63, 3.8) is 0 Å². The van der Waals surface area contributed by atoms with Gasteiger partial charge in [0.25, 0.3) is 5.56 Å². The number of ether oxygens (including phenoxy) is 2. The number of para-hydroxylation sites is 1. The summed E-state index contributed by atoms with van der Waals surface area (Å²) in [6.07, 6.45) is 1.59. The molecule has 0 spiro atoms. The number of halogens is 1. The van der Waals surface area contributed by atoms with Crippen LogP contribution in [0.5, 0.6) is 0 Å². The van der Waals surface area contributed by atoms with Crippen molar-refractivity contribution in [1.82, 2.24) is 9.78 Å². The Kier molecular flexibility index (Phi) is 5.18. The van der Waals surface area contributed by atoms with Crippen LogP contribution >= 0.6 is 11.6 Å². The Hall–Kier alpha value is -1.89. The van der Waals surface area contributed by atoms with Crippen LogP contribution < -0.4 is 10.5 Å². The molecule has 2 heterocycles. The van der Waals surface area contributed by atoms with Gasteiger partial charge in [-0.1, -0.05) is 29.8 Å². The summed E-state index contributed by atoms with van der Waals surface area (Å²) < 4.78 is 12.3. The number of hydrogen-bond donors (Lipinski definition) is 0. The molecule has 3 rings (SSSR count). The minimum absolute atomic E-state index is 0.0199. The minimum Gasteiger partial charge on any atom is -0.382 e. The third-order valence-electron chi connectivity index (χ3n) is 3.92. The second-order valence-corrected chi connectivity index (χ2v) is 6.20. The lowest BCUT2D eigenvalue weighted by Gasteiger charge is -2.38. The zero-order valence-corrected chi connectivity index (χ0v) is 14.4. The lowest BCUT2D eigenvalue weighted by Crippen LogP contribution is -2.48. The fourth-order valence-corrected chi connectivity index (χ4v) is 3.17. The van der Waals surface area contributed by atoms with Crippen molar-refractivity contribution in [3.8, 4) is 5.69 Å². The molecule has 24 heavy (non-hydrogen) atoms. The van der Waals surface area contributed by atoms with Crippen LogP contribution in [-0.2, 0) is 9.47 Å². The number of morpholine rings is 1. The van der Waals surface area contributed by atoms with E-state index in [1.54, 1.807) is 13.3 Å². The van der Waals surface area contributed by atoms with Gasteiger partial charge in [0, 0.05) is 20.2 Å². The maximum absolute atomic E-state index is 12.6. The SMILES string of the molecule is COCC1CN(c2cnn(-c3ccccc3)c(=O)c2Cl)CC(C)O1. The molecule has 1 aromatic heterocycles. The lowest BCUT2D eigenvalue weighted by atomic mass is 10.2. The zero-order valence-electron chi connectivity index (χ0n) is 13.7. The summed E-state index contributed by atoms with van der Waals surface area (Å²) in [5, 5.41) is 4.45. The number of methoxy groups -OCH3 is 1. The lowest BCUT2D eigenvalue weighted by molar-refractivity contribution is -0.0511. The summed E-state index contributed by atoms with van der Waals surface area (Å²) in [6.45, 7) is 3.74. The highest BCUT2D eigenvalue weighted by Gasteiger charge is 2.27. The molecule has 2 unspecified atom stereocenters. The molecule has 0 N–H and O–H groups in total. The van der Waals surface area contributed by atoms with E-state index in [1.165, 1.54) is 4.68 Å². The second-order valence-electron chi connectivity index (χ2n) is 5.83. The number of rotatable bonds is 4. The fourth-order valence-electron chi connectivity index (χ4n) is 2.92. The second kappa shape index (κ2) is 7.34. The molecule has 2 atom stereocenters. The van der Waals surface area contributed by atoms with Gasteiger partial charge in [0.05, 0.1) is 36.4 Å². The smallest absolute Gasteiger partial charge is 0.292 e. The molecule has 6 nitrogen and oxygen atoms in total. The van der Waals surface area contributed by atoms with Gasteiger partial charge in [-0.3, -0.25) is 4.79 Å². The Morgan fingerprint density at radius 3 is 2.79 bits per heavy atom. The highest BCUT2D eigenvalue weighted by Crippen LogP contribution is 2.25. The van der Waals surface area contributed by atoms with Crippen molar-refractivity contribution in [3.05, 3.63) is 51.9 Å². The van der Waals surface area contributed by atoms with Crippen LogP contribution in [0.3, 0.4) is 0 Å². The summed E-state index contributed by atoms with van der Waals surface area (Å²) in [4.78, 5) is 14.6. The maximum Gasteiger partial charge on any atom is 0.292 e. The number of benzene rings is 1. The molecule has 0 saturated carbocycles. The van der Waals surface area contributed by atoms with Crippen LogP contribution in [-0.4, -0.2) is 48.8 Å². The molecule has 2 aromatic rings. The summed E-state index contributed by atoms with van der Waals surface area (Å²) >= 11 is 6.37. The first-order valence-electron chi connectivity index (χ1n) is 7.82. The molecule has 0 bridgehead atoms. The summed E-state index contributed by atoms with van der Waals surface area (Å²) in [5.41, 5.74) is 0.983. The van der Waals surface area contributed by atoms with Crippen LogP contribution in [0.15, 0.2) is 41.3 Å². The van der Waals surface area contributed by atoms with E-state index in [9.17, 15) is 4.79 Å². The molecule has 1 aromatic carbocycles. The monoisotopic (exact) mass is 349 g/mol. The van der Waals surface area contributed by atoms with Crippen LogP contribution in [0.25, 0.3) is 5.69 Å². The predicted octanol–water partition coefficient (Wildman–Crippen LogP) is 2.13. The standard InChI is InChI=1S/C17H20ClN3O3/c1-12-9-20(10-14(24-12)11-23-2)15-8-19-21(17(22)16(15)18)13-6-4-3-5-7-13/h3-8,12,14H,9-11H2,1-2H3. The van der Waals surface area contributed by atoms with Gasteiger partial charge in [-0.25, -0.2) is 0 Å². The molecule has 1 saturated heterocycles. The van der Waals surface area contributed by atoms with E-state index in [-0.39, 0.29) is 22.8 Å². The van der Waals surface area contributed by atoms with Crippen molar-refractivity contribution in [2.24, 2.45) is 0 Å². The average Bonchev–Trinajstić information content (AvgIpc) is 2.58. The molecule has 128 valence electrons. The van der Waals surface area contributed by atoms with Gasteiger partial charge in [-0.05, 0) is 19.1 Å². The van der Waals surface area contributed by atoms with Gasteiger partial charge in [-0.15, -0.1) is 0 Å². The largest absolute Gasteiger partial charge is 0.382 e. The Morgan fingerprint density at radius 2 is 2.08 bits per heavy atom. The first-order chi connectivity index (χ1) is 11.6. The predicted molar refractivity (Wildman–Crippen MR) is 93.3 cm³/mol. The van der Waals surface area contributed by atoms with Crippen LogP contribution in [0.2, 0.25) is 5.02 Å². The number of hydrogen-bond acceptors (Lipinski definition) is 5. The average molecular weight is 350 g/mol. The summed E-state index contributed by atoms with van der Waals surface area (Å²) in [6, 6.07) is 9.22. The third kappa shape index (κ3) is 3.45. The third-order valence-corrected chi connectivity index (χ3v) is 4.28. The Balaban J connectivity index is 1.92. The summed E-state index contributed by atoms with van der Waals surface area (Å²) in [5.74, 6) is 0. The molecule has 0 radical (unpaired) electrons. The molecule has 1 aliphatic rings. The fraction of sp³-hybridized carbons (Fsp3) is 0.412. The highest BCUT2D eigenvalue weighted by atomic mass is 35.5. The van der Waals surface area contributed by atoms with E-state index in [2.05, 4.69) is 5.10 Å². The van der Waals surface area contributed by atoms with Crippen molar-refractivity contribution >= 4 is 17.3 Å². The maximum atomic E-state index is 12.6. The van der Waals surface area contributed by atoms with Crippen LogP contribution in [0.1, 0.15) is 6.92 Å². The number of nitrogens with zero attached hydrogens (tertiary/aromatic N) is 3. The first-order valence-corrected chi connectivity index (χ1v) is 8.20. The molecule has 0 amide bonds. The van der Waals surface area contributed by atoms with Crippen LogP contribution in [0.4, 0.5) is 5.69 Å². The van der Waals surface area contributed by atoms with Gasteiger partial charge in [-0.2, -0.15) is 9.78 Å². The van der Waals surface area contributed by atoms with Crippen molar-refractivity contribution in [2.45, 2.75) is 19.1 Å². The molecule has 1 aliphatic heterocycles. The van der Waals surface area contributed by atoms with Gasteiger partial charge in [0.2, 0.25) is 0 Å². The highest BCUT2D eigenvalue weighted by molar-refractivity contribution is 6.33. The molecular weight excluding hydrogens is 330 g/mol.